The fraction of sp³-hybridized carbons (Fsp3) is 0.714. The molecule has 102 valence electrons. The van der Waals surface area contributed by atoms with Gasteiger partial charge in [0.15, 0.2) is 0 Å². The molecule has 2 heterocycles. The fourth-order valence-corrected chi connectivity index (χ4v) is 3.42. The molecular formula is C14H23NO2S. The summed E-state index contributed by atoms with van der Waals surface area (Å²) < 4.78 is 6.03. The predicted octanol–water partition coefficient (Wildman–Crippen LogP) is 2.72. The van der Waals surface area contributed by atoms with Crippen molar-refractivity contribution in [2.75, 3.05) is 6.54 Å². The lowest BCUT2D eigenvalue weighted by molar-refractivity contribution is -0.0702. The monoisotopic (exact) mass is 269 g/mol. The Morgan fingerprint density at radius 3 is 2.72 bits per heavy atom. The lowest BCUT2D eigenvalue weighted by Crippen LogP contribution is -2.44. The van der Waals surface area contributed by atoms with Gasteiger partial charge in [0, 0.05) is 12.6 Å². The van der Waals surface area contributed by atoms with Crippen LogP contribution in [0.4, 0.5) is 0 Å². The molecule has 2 atom stereocenters. The Bertz CT molecular complexity index is 387. The van der Waals surface area contributed by atoms with Crippen molar-refractivity contribution < 1.29 is 9.84 Å². The van der Waals surface area contributed by atoms with Gasteiger partial charge in [0.1, 0.15) is 0 Å². The quantitative estimate of drug-likeness (QED) is 0.883. The minimum atomic E-state index is -0.434. The van der Waals surface area contributed by atoms with E-state index in [1.807, 2.05) is 16.8 Å². The second-order valence-corrected chi connectivity index (χ2v) is 6.98. The van der Waals surface area contributed by atoms with E-state index in [0.29, 0.717) is 6.54 Å². The zero-order valence-electron chi connectivity index (χ0n) is 11.6. The minimum Gasteiger partial charge on any atom is -0.387 e. The van der Waals surface area contributed by atoms with Crippen molar-refractivity contribution >= 4 is 11.3 Å². The van der Waals surface area contributed by atoms with E-state index in [1.54, 1.807) is 11.3 Å². The number of nitrogens with one attached hydrogen (secondary N) is 1. The van der Waals surface area contributed by atoms with Gasteiger partial charge in [-0.2, -0.15) is 11.3 Å². The van der Waals surface area contributed by atoms with E-state index in [0.717, 1.165) is 12.0 Å². The molecule has 2 unspecified atom stereocenters. The van der Waals surface area contributed by atoms with Gasteiger partial charge in [-0.15, -0.1) is 0 Å². The molecule has 1 aliphatic heterocycles. The third kappa shape index (κ3) is 3.12. The topological polar surface area (TPSA) is 41.5 Å². The number of hydrogen-bond acceptors (Lipinski definition) is 4. The Morgan fingerprint density at radius 1 is 1.50 bits per heavy atom. The SMILES string of the molecule is CC1(C)CC(NCC(O)c2ccsc2)C(C)(C)O1. The van der Waals surface area contributed by atoms with Gasteiger partial charge in [-0.25, -0.2) is 0 Å². The highest BCUT2D eigenvalue weighted by Gasteiger charge is 2.45. The van der Waals surface area contributed by atoms with Gasteiger partial charge in [-0.05, 0) is 56.5 Å². The van der Waals surface area contributed by atoms with Crippen LogP contribution < -0.4 is 5.32 Å². The van der Waals surface area contributed by atoms with Gasteiger partial charge in [0.2, 0.25) is 0 Å². The lowest BCUT2D eigenvalue weighted by Gasteiger charge is -2.28. The zero-order chi connectivity index (χ0) is 13.4. The number of hydrogen-bond donors (Lipinski definition) is 2. The summed E-state index contributed by atoms with van der Waals surface area (Å²) in [6.45, 7) is 9.02. The average molecular weight is 269 g/mol. The van der Waals surface area contributed by atoms with Crippen LogP contribution in [0.25, 0.3) is 0 Å². The normalized spacial score (nSPS) is 27.3. The average Bonchev–Trinajstić information content (AvgIpc) is 2.80. The van der Waals surface area contributed by atoms with Crippen LogP contribution in [0.1, 0.15) is 45.8 Å². The Morgan fingerprint density at radius 2 is 2.22 bits per heavy atom. The van der Waals surface area contributed by atoms with Gasteiger partial charge in [0.25, 0.3) is 0 Å². The first-order valence-electron chi connectivity index (χ1n) is 6.44. The second kappa shape index (κ2) is 4.93. The Hall–Kier alpha value is -0.420. The van der Waals surface area contributed by atoms with Crippen LogP contribution in [-0.4, -0.2) is 28.9 Å². The van der Waals surface area contributed by atoms with Gasteiger partial charge in [0.05, 0.1) is 17.3 Å². The van der Waals surface area contributed by atoms with Crippen molar-refractivity contribution in [1.29, 1.82) is 0 Å². The first kappa shape index (κ1) is 14.0. The van der Waals surface area contributed by atoms with E-state index in [9.17, 15) is 5.11 Å². The van der Waals surface area contributed by atoms with Crippen LogP contribution >= 0.6 is 11.3 Å². The van der Waals surface area contributed by atoms with Crippen molar-refractivity contribution in [2.24, 2.45) is 0 Å². The summed E-state index contributed by atoms with van der Waals surface area (Å²) in [4.78, 5) is 0. The second-order valence-electron chi connectivity index (χ2n) is 6.20. The van der Waals surface area contributed by atoms with Crippen LogP contribution in [0.3, 0.4) is 0 Å². The first-order chi connectivity index (χ1) is 8.30. The number of ether oxygens (including phenoxy) is 1. The van der Waals surface area contributed by atoms with Crippen molar-refractivity contribution in [2.45, 2.75) is 57.5 Å². The van der Waals surface area contributed by atoms with Gasteiger partial charge in [-0.3, -0.25) is 0 Å². The summed E-state index contributed by atoms with van der Waals surface area (Å²) in [5.41, 5.74) is 0.718. The molecule has 1 saturated heterocycles. The zero-order valence-corrected chi connectivity index (χ0v) is 12.4. The van der Waals surface area contributed by atoms with E-state index in [4.69, 9.17) is 4.74 Å². The summed E-state index contributed by atoms with van der Waals surface area (Å²) in [7, 11) is 0. The minimum absolute atomic E-state index is 0.0888. The standard InChI is InChI=1S/C14H23NO2S/c1-13(2)7-12(14(3,4)17-13)15-8-11(16)10-5-6-18-9-10/h5-6,9,11-12,15-16H,7-8H2,1-4H3. The highest BCUT2D eigenvalue weighted by molar-refractivity contribution is 7.07. The summed E-state index contributed by atoms with van der Waals surface area (Å²) in [6.07, 6.45) is 0.534. The molecule has 0 amide bonds. The van der Waals surface area contributed by atoms with Crippen LogP contribution in [0, 0.1) is 0 Å². The van der Waals surface area contributed by atoms with Crippen molar-refractivity contribution in [3.8, 4) is 0 Å². The molecule has 2 N–H and O–H groups in total. The Kier molecular flexibility index (Phi) is 3.83. The van der Waals surface area contributed by atoms with E-state index in [-0.39, 0.29) is 17.2 Å². The van der Waals surface area contributed by atoms with E-state index in [2.05, 4.69) is 33.0 Å². The maximum absolute atomic E-state index is 10.1. The highest BCUT2D eigenvalue weighted by atomic mass is 32.1. The number of thiophene rings is 1. The van der Waals surface area contributed by atoms with Crippen molar-refractivity contribution in [1.82, 2.24) is 5.32 Å². The lowest BCUT2D eigenvalue weighted by atomic mass is 9.94. The predicted molar refractivity (Wildman–Crippen MR) is 74.9 cm³/mol. The van der Waals surface area contributed by atoms with Gasteiger partial charge in [-0.1, -0.05) is 0 Å². The molecule has 0 aliphatic carbocycles. The van der Waals surface area contributed by atoms with Crippen molar-refractivity contribution in [3.63, 3.8) is 0 Å². The molecular weight excluding hydrogens is 246 g/mol. The number of aliphatic hydroxyl groups is 1. The smallest absolute Gasteiger partial charge is 0.0922 e. The summed E-state index contributed by atoms with van der Waals surface area (Å²) >= 11 is 1.61. The molecule has 0 aromatic carbocycles. The molecule has 0 radical (unpaired) electrons. The molecule has 0 spiro atoms. The maximum Gasteiger partial charge on any atom is 0.0922 e. The molecule has 3 nitrogen and oxygen atoms in total. The molecule has 1 aromatic heterocycles. The summed E-state index contributed by atoms with van der Waals surface area (Å²) in [6, 6.07) is 2.25. The number of aliphatic hydroxyl groups excluding tert-OH is 1. The molecule has 0 bridgehead atoms. The summed E-state index contributed by atoms with van der Waals surface area (Å²) in [5.74, 6) is 0. The largest absolute Gasteiger partial charge is 0.387 e. The van der Waals surface area contributed by atoms with Crippen LogP contribution in [0.15, 0.2) is 16.8 Å². The van der Waals surface area contributed by atoms with Gasteiger partial charge < -0.3 is 15.2 Å². The van der Waals surface area contributed by atoms with Crippen LogP contribution in [0.2, 0.25) is 0 Å². The fourth-order valence-electron chi connectivity index (χ4n) is 2.72. The molecule has 18 heavy (non-hydrogen) atoms. The molecule has 4 heteroatoms. The molecule has 0 saturated carbocycles. The maximum atomic E-state index is 10.1. The molecule has 2 rings (SSSR count). The Balaban J connectivity index is 1.91. The summed E-state index contributed by atoms with van der Waals surface area (Å²) in [5, 5.41) is 17.5. The highest BCUT2D eigenvalue weighted by Crippen LogP contribution is 2.37. The Labute approximate surface area is 113 Å². The van der Waals surface area contributed by atoms with E-state index < -0.39 is 6.10 Å². The van der Waals surface area contributed by atoms with E-state index in [1.165, 1.54) is 0 Å². The third-order valence-electron chi connectivity index (χ3n) is 3.56. The number of rotatable bonds is 4. The molecule has 1 fully saturated rings. The van der Waals surface area contributed by atoms with E-state index >= 15 is 0 Å². The van der Waals surface area contributed by atoms with Crippen molar-refractivity contribution in [3.05, 3.63) is 22.4 Å². The molecule has 1 aliphatic rings. The van der Waals surface area contributed by atoms with Crippen LogP contribution in [0.5, 0.6) is 0 Å². The molecule has 1 aromatic rings. The first-order valence-corrected chi connectivity index (χ1v) is 7.38. The van der Waals surface area contributed by atoms with Gasteiger partial charge >= 0.3 is 0 Å². The third-order valence-corrected chi connectivity index (χ3v) is 4.26. The van der Waals surface area contributed by atoms with Crippen LogP contribution in [-0.2, 0) is 4.74 Å².